The number of amides is 8. The second-order valence-electron chi connectivity index (χ2n) is 16.7. The molecule has 0 unspecified atom stereocenters. The molecule has 26 nitrogen and oxygen atoms in total. The summed E-state index contributed by atoms with van der Waals surface area (Å²) in [5.41, 5.74) is 28.0. The topological polar surface area (TPSA) is 436 Å². The van der Waals surface area contributed by atoms with Crippen molar-refractivity contribution in [2.45, 2.75) is 99.7 Å². The van der Waals surface area contributed by atoms with Gasteiger partial charge < -0.3 is 81.0 Å². The molecule has 0 bridgehead atoms. The Bertz CT molecular complexity index is 2240. The first-order valence-corrected chi connectivity index (χ1v) is 25.3. The number of nitrogens with zero attached hydrogens (tertiary/aromatic N) is 3. The van der Waals surface area contributed by atoms with Crippen LogP contribution >= 0.6 is 36.6 Å². The van der Waals surface area contributed by atoms with Gasteiger partial charge in [0.05, 0.1) is 19.2 Å². The first-order valence-electron chi connectivity index (χ1n) is 23.2. The molecule has 0 saturated carbocycles. The molecule has 1 fully saturated rings. The molecule has 2 heterocycles. The fourth-order valence-corrected chi connectivity index (χ4v) is 8.56. The van der Waals surface area contributed by atoms with Crippen molar-refractivity contribution in [1.82, 2.24) is 42.1 Å². The van der Waals surface area contributed by atoms with Gasteiger partial charge in [-0.2, -0.15) is 25.3 Å². The highest BCUT2D eigenvalue weighted by atomic mass is 32.1. The number of benzene rings is 1. The van der Waals surface area contributed by atoms with Crippen LogP contribution in [0.2, 0.25) is 0 Å². The molecule has 19 N–H and O–H groups in total. The minimum atomic E-state index is -1.68. The monoisotopic (exact) mass is 1080 g/mol. The summed E-state index contributed by atoms with van der Waals surface area (Å²) in [7, 11) is 0. The summed E-state index contributed by atoms with van der Waals surface area (Å²) in [6.45, 7) is -0.987. The van der Waals surface area contributed by atoms with Gasteiger partial charge in [-0.15, -0.1) is 11.3 Å². The second kappa shape index (κ2) is 31.7. The van der Waals surface area contributed by atoms with Crippen LogP contribution in [-0.4, -0.2) is 173 Å². The standard InChI is InChI=1S/C44H67N15O11S3/c45-26(11-4-14-50-43(46)47)41(68)59-16-6-13-33(59)40(67)58-31(22-71)35(62)52-20-34(61)53-29(19-25-10-7-17-73-25)37(64)56-30(21-60)38(65)55-28(18-24-8-2-1-3-9-24)36(63)57-32(23-72)39(66)54-27(42(69)70)12-5-15-51-44(48)49/h1-3,7-10,17,26-33,60,71-72H,4-6,11-16,18-23,45H2,(H,52,62)(H,53,61)(H,54,66)(H,55,65)(H,56,64)(H,57,63)(H,58,67)(H,69,70)(H4,46,47,50)(H4,48,49,51)/t26-,27-,28+,29-,30-,31-,32-,33-/m0/s1. The molecule has 0 aliphatic carbocycles. The zero-order valence-electron chi connectivity index (χ0n) is 39.9. The number of hydrogen-bond donors (Lipinski definition) is 16. The van der Waals surface area contributed by atoms with E-state index in [2.05, 4.69) is 72.5 Å². The number of carbonyl (C=O) groups excluding carboxylic acids is 8. The number of aliphatic hydroxyl groups excluding tert-OH is 1. The lowest BCUT2D eigenvalue weighted by molar-refractivity contribution is -0.142. The van der Waals surface area contributed by atoms with Crippen molar-refractivity contribution in [2.75, 3.05) is 44.3 Å². The normalized spacial score (nSPS) is 15.8. The third-order valence-electron chi connectivity index (χ3n) is 11.1. The van der Waals surface area contributed by atoms with Crippen LogP contribution in [0.5, 0.6) is 0 Å². The van der Waals surface area contributed by atoms with E-state index in [4.69, 9.17) is 28.7 Å². The number of hydrogen-bond acceptors (Lipinski definition) is 16. The molecule has 2 aromatic rings. The summed E-state index contributed by atoms with van der Waals surface area (Å²) < 4.78 is 0. The maximum Gasteiger partial charge on any atom is 0.326 e. The van der Waals surface area contributed by atoms with E-state index in [9.17, 15) is 53.4 Å². The summed E-state index contributed by atoms with van der Waals surface area (Å²) in [5, 5.41) is 39.1. The molecule has 0 spiro atoms. The van der Waals surface area contributed by atoms with Crippen LogP contribution in [0.25, 0.3) is 0 Å². The fourth-order valence-electron chi connectivity index (χ4n) is 7.29. The number of carbonyl (C=O) groups is 9. The van der Waals surface area contributed by atoms with E-state index in [0.717, 1.165) is 0 Å². The molecule has 29 heteroatoms. The van der Waals surface area contributed by atoms with Gasteiger partial charge in [-0.1, -0.05) is 36.4 Å². The third kappa shape index (κ3) is 21.1. The number of aliphatic hydroxyl groups is 1. The first kappa shape index (κ1) is 60.6. The van der Waals surface area contributed by atoms with Crippen LogP contribution in [0.4, 0.5) is 0 Å². The fraction of sp³-hybridized carbons (Fsp3) is 0.523. The number of thiophene rings is 1. The van der Waals surface area contributed by atoms with Gasteiger partial charge in [-0.25, -0.2) is 4.79 Å². The lowest BCUT2D eigenvalue weighted by atomic mass is 10.0. The number of likely N-dealkylation sites (tertiary alicyclic amines) is 1. The highest BCUT2D eigenvalue weighted by Crippen LogP contribution is 2.20. The Kier molecular flexibility index (Phi) is 26.3. The Morgan fingerprint density at radius 1 is 0.685 bits per heavy atom. The molecule has 8 atom stereocenters. The van der Waals surface area contributed by atoms with Gasteiger partial charge in [-0.3, -0.25) is 48.3 Å². The SMILES string of the molecule is NC(N)=NCCC[C@H](NC(=O)[C@H](CS)NC(=O)[C@@H](Cc1ccccc1)NC(=O)[C@H](CO)NC(=O)[C@H](Cc1cccs1)NC(=O)CNC(=O)[C@H](CS)NC(=O)[C@@H]1CCCN1C(=O)[C@@H](N)CCCN=C(N)N)C(=O)O. The predicted octanol–water partition coefficient (Wildman–Crippen LogP) is -5.08. The molecule has 1 aliphatic rings. The van der Waals surface area contributed by atoms with E-state index < -0.39 is 115 Å². The van der Waals surface area contributed by atoms with Crippen molar-refractivity contribution >= 4 is 102 Å². The largest absolute Gasteiger partial charge is 0.480 e. The van der Waals surface area contributed by atoms with Crippen molar-refractivity contribution < 1.29 is 53.4 Å². The summed E-state index contributed by atoms with van der Waals surface area (Å²) in [6, 6.07) is 1.56. The first-order chi connectivity index (χ1) is 34.8. The number of nitrogens with one attached hydrogen (secondary N) is 7. The maximum atomic E-state index is 13.8. The number of aliphatic imine (C=N–C) groups is 2. The number of rotatable bonds is 31. The molecule has 8 amide bonds. The van der Waals surface area contributed by atoms with Crippen molar-refractivity contribution in [3.05, 3.63) is 58.3 Å². The zero-order valence-corrected chi connectivity index (χ0v) is 42.5. The lowest BCUT2D eigenvalue weighted by Crippen LogP contribution is -2.60. The van der Waals surface area contributed by atoms with Gasteiger partial charge in [-0.05, 0) is 55.5 Å². The highest BCUT2D eigenvalue weighted by molar-refractivity contribution is 7.80. The average Bonchev–Trinajstić information content (AvgIpc) is 4.08. The molecule has 1 aliphatic heterocycles. The van der Waals surface area contributed by atoms with Crippen LogP contribution < -0.4 is 65.9 Å². The van der Waals surface area contributed by atoms with Crippen molar-refractivity contribution in [3.63, 3.8) is 0 Å². The van der Waals surface area contributed by atoms with Crippen LogP contribution in [0.3, 0.4) is 0 Å². The van der Waals surface area contributed by atoms with Crippen LogP contribution in [0.1, 0.15) is 49.0 Å². The van der Waals surface area contributed by atoms with E-state index >= 15 is 0 Å². The molecular formula is C44H67N15O11S3. The minimum absolute atomic E-state index is 0.0484. The highest BCUT2D eigenvalue weighted by Gasteiger charge is 2.38. The summed E-state index contributed by atoms with van der Waals surface area (Å²) in [5.74, 6) is -8.51. The molecule has 402 valence electrons. The van der Waals surface area contributed by atoms with Gasteiger partial charge in [0.25, 0.3) is 0 Å². The Balaban J connectivity index is 1.67. The summed E-state index contributed by atoms with van der Waals surface area (Å²) >= 11 is 9.64. The third-order valence-corrected chi connectivity index (χ3v) is 12.7. The van der Waals surface area contributed by atoms with Crippen LogP contribution in [-0.2, 0) is 56.0 Å². The van der Waals surface area contributed by atoms with Gasteiger partial charge in [0.1, 0.15) is 42.3 Å². The van der Waals surface area contributed by atoms with Crippen molar-refractivity contribution in [3.8, 4) is 0 Å². The molecule has 1 aromatic carbocycles. The smallest absolute Gasteiger partial charge is 0.326 e. The van der Waals surface area contributed by atoms with Gasteiger partial charge in [0, 0.05) is 48.9 Å². The summed E-state index contributed by atoms with van der Waals surface area (Å²) in [6.07, 6.45) is 1.47. The molecule has 1 aromatic heterocycles. The summed E-state index contributed by atoms with van der Waals surface area (Å²) in [4.78, 5) is 129. The molecule has 3 rings (SSSR count). The minimum Gasteiger partial charge on any atom is -0.480 e. The maximum absolute atomic E-state index is 13.8. The number of nitrogens with two attached hydrogens (primary N) is 5. The quantitative estimate of drug-likeness (QED) is 0.0145. The zero-order chi connectivity index (χ0) is 54.0. The predicted molar refractivity (Wildman–Crippen MR) is 278 cm³/mol. The number of guanidine groups is 2. The number of carboxylic acid groups (broad SMARTS) is 1. The number of aliphatic carboxylic acids is 1. The Morgan fingerprint density at radius 3 is 1.81 bits per heavy atom. The van der Waals surface area contributed by atoms with Crippen LogP contribution in [0.15, 0.2) is 57.8 Å². The molecule has 1 saturated heterocycles. The van der Waals surface area contributed by atoms with E-state index in [1.807, 2.05) is 0 Å². The van der Waals surface area contributed by atoms with Gasteiger partial charge in [0.2, 0.25) is 47.3 Å². The second-order valence-corrected chi connectivity index (χ2v) is 18.5. The van der Waals surface area contributed by atoms with E-state index in [0.29, 0.717) is 29.7 Å². The molecule has 73 heavy (non-hydrogen) atoms. The number of thiol groups is 2. The van der Waals surface area contributed by atoms with E-state index in [1.54, 1.807) is 47.8 Å². The molecule has 0 radical (unpaired) electrons. The molecular weight excluding hydrogens is 1010 g/mol. The lowest BCUT2D eigenvalue weighted by Gasteiger charge is -2.28. The van der Waals surface area contributed by atoms with Crippen molar-refractivity contribution in [2.24, 2.45) is 38.7 Å². The average molecular weight is 1080 g/mol. The Morgan fingerprint density at radius 2 is 1.23 bits per heavy atom. The van der Waals surface area contributed by atoms with Crippen molar-refractivity contribution in [1.29, 1.82) is 0 Å². The van der Waals surface area contributed by atoms with Gasteiger partial charge in [0.15, 0.2) is 11.9 Å². The van der Waals surface area contributed by atoms with Crippen LogP contribution in [0, 0.1) is 0 Å². The number of carboxylic acids is 1. The Labute approximate surface area is 436 Å². The van der Waals surface area contributed by atoms with Gasteiger partial charge >= 0.3 is 5.97 Å². The van der Waals surface area contributed by atoms with E-state index in [-0.39, 0.29) is 75.2 Å². The Hall–Kier alpha value is -6.69. The van der Waals surface area contributed by atoms with E-state index in [1.165, 1.54) is 16.2 Å².